The number of rotatable bonds is 8. The van der Waals surface area contributed by atoms with Gasteiger partial charge in [0.2, 0.25) is 5.75 Å². The summed E-state index contributed by atoms with van der Waals surface area (Å²) in [6.45, 7) is 0. The van der Waals surface area contributed by atoms with Crippen LogP contribution in [0.5, 0.6) is 17.2 Å². The number of carbonyl (C=O) groups excluding carboxylic acids is 1. The summed E-state index contributed by atoms with van der Waals surface area (Å²) in [6.07, 6.45) is 0.163. The van der Waals surface area contributed by atoms with Crippen LogP contribution in [0.3, 0.4) is 0 Å². The SMILES string of the molecule is COc1cc(C(=O)N2N=C(c3c(-c4ccccc4)c4cc(Br)ccc4[nH]c3=O)C[C@@H]2c2ccc([N+](=O)[O-])cc2)cc(OC)c1OC. The highest BCUT2D eigenvalue weighted by Crippen LogP contribution is 2.41. The Hall–Kier alpha value is -5.49. The molecule has 0 radical (unpaired) electrons. The summed E-state index contributed by atoms with van der Waals surface area (Å²) >= 11 is 3.56. The van der Waals surface area contributed by atoms with Crippen molar-refractivity contribution in [2.45, 2.75) is 12.5 Å². The van der Waals surface area contributed by atoms with Gasteiger partial charge in [0.05, 0.1) is 43.6 Å². The van der Waals surface area contributed by atoms with Crippen LogP contribution in [0.4, 0.5) is 5.69 Å². The minimum Gasteiger partial charge on any atom is -0.493 e. The molecular formula is C34H27BrN4O7. The van der Waals surface area contributed by atoms with E-state index in [0.717, 1.165) is 15.4 Å². The van der Waals surface area contributed by atoms with Crippen molar-refractivity contribution in [3.05, 3.63) is 127 Å². The van der Waals surface area contributed by atoms with Crippen molar-refractivity contribution in [1.82, 2.24) is 9.99 Å². The Bertz CT molecular complexity index is 2050. The first kappa shape index (κ1) is 30.5. The van der Waals surface area contributed by atoms with Crippen LogP contribution in [0, 0.1) is 10.1 Å². The number of pyridine rings is 1. The fraction of sp³-hybridized carbons (Fsp3) is 0.147. The minimum atomic E-state index is -0.691. The second-order valence-corrected chi connectivity index (χ2v) is 11.4. The molecule has 6 rings (SSSR count). The number of nitro groups is 1. The number of methoxy groups -OCH3 is 3. The number of aromatic amines is 1. The fourth-order valence-corrected chi connectivity index (χ4v) is 6.07. The molecule has 1 N–H and O–H groups in total. The van der Waals surface area contributed by atoms with E-state index in [1.165, 1.54) is 50.6 Å². The van der Waals surface area contributed by atoms with Crippen LogP contribution < -0.4 is 19.8 Å². The van der Waals surface area contributed by atoms with Crippen LogP contribution in [0.1, 0.15) is 33.9 Å². The predicted octanol–water partition coefficient (Wildman–Crippen LogP) is 6.88. The highest BCUT2D eigenvalue weighted by Gasteiger charge is 2.37. The van der Waals surface area contributed by atoms with E-state index in [0.29, 0.717) is 33.7 Å². The van der Waals surface area contributed by atoms with Gasteiger partial charge in [0.1, 0.15) is 0 Å². The Morgan fingerprint density at radius 3 is 2.22 bits per heavy atom. The van der Waals surface area contributed by atoms with E-state index in [-0.39, 0.29) is 34.7 Å². The van der Waals surface area contributed by atoms with Crippen molar-refractivity contribution in [3.8, 4) is 28.4 Å². The maximum absolute atomic E-state index is 14.3. The van der Waals surface area contributed by atoms with Crippen molar-refractivity contribution in [2.75, 3.05) is 21.3 Å². The van der Waals surface area contributed by atoms with Crippen LogP contribution in [0.25, 0.3) is 22.0 Å². The number of amides is 1. The second-order valence-electron chi connectivity index (χ2n) is 10.4. The molecule has 5 aromatic rings. The first-order valence-electron chi connectivity index (χ1n) is 14.1. The van der Waals surface area contributed by atoms with Gasteiger partial charge in [-0.3, -0.25) is 19.7 Å². The number of ether oxygens (including phenoxy) is 3. The van der Waals surface area contributed by atoms with Crippen LogP contribution in [-0.2, 0) is 0 Å². The van der Waals surface area contributed by atoms with Gasteiger partial charge in [0.25, 0.3) is 17.2 Å². The van der Waals surface area contributed by atoms with Gasteiger partial charge in [-0.15, -0.1) is 0 Å². The normalized spacial score (nSPS) is 14.2. The average molecular weight is 684 g/mol. The van der Waals surface area contributed by atoms with Gasteiger partial charge in [-0.2, -0.15) is 5.10 Å². The molecule has 12 heteroatoms. The average Bonchev–Trinajstić information content (AvgIpc) is 3.52. The summed E-state index contributed by atoms with van der Waals surface area (Å²) < 4.78 is 17.2. The van der Waals surface area contributed by atoms with Gasteiger partial charge >= 0.3 is 0 Å². The van der Waals surface area contributed by atoms with Crippen molar-refractivity contribution in [2.24, 2.45) is 5.10 Å². The molecule has 46 heavy (non-hydrogen) atoms. The molecule has 1 aromatic heterocycles. The van der Waals surface area contributed by atoms with Crippen LogP contribution >= 0.6 is 15.9 Å². The number of hydrogen-bond donors (Lipinski definition) is 1. The lowest BCUT2D eigenvalue weighted by atomic mass is 9.91. The van der Waals surface area contributed by atoms with Crippen molar-refractivity contribution < 1.29 is 23.9 Å². The molecule has 0 spiro atoms. The third kappa shape index (κ3) is 5.47. The van der Waals surface area contributed by atoms with E-state index >= 15 is 0 Å². The van der Waals surface area contributed by atoms with Crippen LogP contribution in [-0.4, -0.2) is 47.9 Å². The number of fused-ring (bicyclic) bond motifs is 1. The number of nitro benzene ring substituents is 1. The van der Waals surface area contributed by atoms with Gasteiger partial charge in [-0.25, -0.2) is 5.01 Å². The fourth-order valence-electron chi connectivity index (χ4n) is 5.71. The molecule has 1 amide bonds. The highest BCUT2D eigenvalue weighted by atomic mass is 79.9. The first-order chi connectivity index (χ1) is 22.2. The van der Waals surface area contributed by atoms with E-state index in [4.69, 9.17) is 19.3 Å². The van der Waals surface area contributed by atoms with Gasteiger partial charge < -0.3 is 19.2 Å². The summed E-state index contributed by atoms with van der Waals surface area (Å²) in [5.41, 5.74) is 3.17. The standard InChI is InChI=1S/C34H27BrN4O7/c1-44-28-15-21(16-29(45-2)32(28)46-3)34(41)38-27(19-9-12-23(13-10-19)39(42)43)18-26(37-38)31-30(20-7-5-4-6-8-20)24-17-22(35)11-14-25(24)36-33(31)40/h4-17,27H,18H2,1-3H3,(H,36,40)/t27-/m1/s1. The molecule has 1 aliphatic heterocycles. The van der Waals surface area contributed by atoms with Gasteiger partial charge in [-0.1, -0.05) is 58.4 Å². The molecule has 232 valence electrons. The smallest absolute Gasteiger partial charge is 0.274 e. The number of nitrogens with zero attached hydrogens (tertiary/aromatic N) is 3. The predicted molar refractivity (Wildman–Crippen MR) is 177 cm³/mol. The summed E-state index contributed by atoms with van der Waals surface area (Å²) in [5, 5.41) is 18.3. The third-order valence-corrected chi connectivity index (χ3v) is 8.34. The number of H-pyrrole nitrogens is 1. The Balaban J connectivity index is 1.56. The number of halogens is 1. The molecule has 0 saturated carbocycles. The maximum Gasteiger partial charge on any atom is 0.274 e. The van der Waals surface area contributed by atoms with Crippen LogP contribution in [0.2, 0.25) is 0 Å². The number of hydrogen-bond acceptors (Lipinski definition) is 8. The summed E-state index contributed by atoms with van der Waals surface area (Å²) in [7, 11) is 4.37. The van der Waals surface area contributed by atoms with Crippen molar-refractivity contribution in [3.63, 3.8) is 0 Å². The lowest BCUT2D eigenvalue weighted by molar-refractivity contribution is -0.384. The lowest BCUT2D eigenvalue weighted by Gasteiger charge is -2.23. The maximum atomic E-state index is 14.3. The Kier molecular flexibility index (Phi) is 8.29. The number of benzene rings is 4. The van der Waals surface area contributed by atoms with E-state index in [9.17, 15) is 19.7 Å². The first-order valence-corrected chi connectivity index (χ1v) is 14.9. The number of non-ortho nitro benzene ring substituents is 1. The third-order valence-electron chi connectivity index (χ3n) is 7.85. The zero-order chi connectivity index (χ0) is 32.5. The lowest BCUT2D eigenvalue weighted by Crippen LogP contribution is -2.27. The van der Waals surface area contributed by atoms with E-state index in [2.05, 4.69) is 20.9 Å². The number of hydrazone groups is 1. The van der Waals surface area contributed by atoms with E-state index < -0.39 is 16.9 Å². The van der Waals surface area contributed by atoms with E-state index in [1.54, 1.807) is 12.1 Å². The summed E-state index contributed by atoms with van der Waals surface area (Å²) in [4.78, 5) is 42.0. The zero-order valence-corrected chi connectivity index (χ0v) is 26.5. The topological polar surface area (TPSA) is 136 Å². The quantitative estimate of drug-likeness (QED) is 0.139. The number of aromatic nitrogens is 1. The molecular weight excluding hydrogens is 656 g/mol. The van der Waals surface area contributed by atoms with Gasteiger partial charge in [0.15, 0.2) is 11.5 Å². The Labute approximate surface area is 271 Å². The molecule has 11 nitrogen and oxygen atoms in total. The van der Waals surface area contributed by atoms with Crippen LogP contribution in [0.15, 0.2) is 99.3 Å². The molecule has 0 aliphatic carbocycles. The summed E-state index contributed by atoms with van der Waals surface area (Å²) in [6, 6.07) is 23.4. The van der Waals surface area contributed by atoms with E-state index in [1.807, 2.05) is 48.5 Å². The zero-order valence-electron chi connectivity index (χ0n) is 24.9. The highest BCUT2D eigenvalue weighted by molar-refractivity contribution is 9.10. The molecule has 1 aliphatic rings. The molecule has 0 saturated heterocycles. The van der Waals surface area contributed by atoms with Gasteiger partial charge in [-0.05, 0) is 41.5 Å². The van der Waals surface area contributed by atoms with Gasteiger partial charge in [0, 0.05) is 45.1 Å². The van der Waals surface area contributed by atoms with Crippen molar-refractivity contribution in [1.29, 1.82) is 0 Å². The molecule has 1 atom stereocenters. The second kappa shape index (κ2) is 12.5. The molecule has 4 aromatic carbocycles. The Morgan fingerprint density at radius 2 is 1.61 bits per heavy atom. The van der Waals surface area contributed by atoms with Crippen molar-refractivity contribution >= 4 is 44.1 Å². The number of nitrogens with one attached hydrogen (secondary N) is 1. The largest absolute Gasteiger partial charge is 0.493 e. The monoisotopic (exact) mass is 682 g/mol. The minimum absolute atomic E-state index is 0.0895. The number of carbonyl (C=O) groups is 1. The molecule has 0 fully saturated rings. The molecule has 2 heterocycles. The Morgan fingerprint density at radius 1 is 0.935 bits per heavy atom. The molecule has 0 bridgehead atoms. The molecule has 0 unspecified atom stereocenters. The summed E-state index contributed by atoms with van der Waals surface area (Å²) in [5.74, 6) is 0.381.